The van der Waals surface area contributed by atoms with E-state index in [2.05, 4.69) is 4.72 Å². The molecule has 0 unspecified atom stereocenters. The molecule has 19 heavy (non-hydrogen) atoms. The number of sulfonamides is 1. The van der Waals surface area contributed by atoms with Crippen LogP contribution >= 0.6 is 11.6 Å². The lowest BCUT2D eigenvalue weighted by Crippen LogP contribution is -2.28. The van der Waals surface area contributed by atoms with Gasteiger partial charge in [-0.05, 0) is 37.0 Å². The number of anilines is 1. The van der Waals surface area contributed by atoms with Gasteiger partial charge in [0.1, 0.15) is 0 Å². The van der Waals surface area contributed by atoms with Crippen molar-refractivity contribution < 1.29 is 8.42 Å². The lowest BCUT2D eigenvalue weighted by molar-refractivity contribution is 0.297. The summed E-state index contributed by atoms with van der Waals surface area (Å²) in [7, 11) is -3.50. The number of benzene rings is 1. The SMILES string of the molecule is Cc1cc(Cl)c(N)cc1S(=O)(=O)NCCC1CCC1. The molecule has 1 aliphatic carbocycles. The molecule has 1 aliphatic rings. The van der Waals surface area contributed by atoms with E-state index in [-0.39, 0.29) is 10.6 Å². The monoisotopic (exact) mass is 302 g/mol. The largest absolute Gasteiger partial charge is 0.397 e. The van der Waals surface area contributed by atoms with Gasteiger partial charge in [-0.2, -0.15) is 0 Å². The Bertz CT molecular complexity index is 568. The molecule has 106 valence electrons. The highest BCUT2D eigenvalue weighted by Gasteiger charge is 2.21. The van der Waals surface area contributed by atoms with E-state index < -0.39 is 10.0 Å². The maximum atomic E-state index is 12.2. The Kier molecular flexibility index (Phi) is 4.38. The van der Waals surface area contributed by atoms with Crippen molar-refractivity contribution in [2.75, 3.05) is 12.3 Å². The molecule has 0 amide bonds. The summed E-state index contributed by atoms with van der Waals surface area (Å²) in [5, 5.41) is 0.380. The lowest BCUT2D eigenvalue weighted by Gasteiger charge is -2.25. The third-order valence-electron chi connectivity index (χ3n) is 3.65. The molecule has 0 radical (unpaired) electrons. The predicted molar refractivity (Wildman–Crippen MR) is 77.7 cm³/mol. The molecule has 0 spiro atoms. The quantitative estimate of drug-likeness (QED) is 0.821. The summed E-state index contributed by atoms with van der Waals surface area (Å²) >= 11 is 5.87. The summed E-state index contributed by atoms with van der Waals surface area (Å²) in [6, 6.07) is 3.00. The molecule has 2 rings (SSSR count). The van der Waals surface area contributed by atoms with E-state index in [0.717, 1.165) is 6.42 Å². The van der Waals surface area contributed by atoms with Gasteiger partial charge >= 0.3 is 0 Å². The van der Waals surface area contributed by atoms with Crippen molar-refractivity contribution in [1.29, 1.82) is 0 Å². The minimum absolute atomic E-state index is 0.211. The van der Waals surface area contributed by atoms with Crippen LogP contribution in [0.2, 0.25) is 5.02 Å². The topological polar surface area (TPSA) is 72.2 Å². The van der Waals surface area contributed by atoms with Crippen LogP contribution in [0.5, 0.6) is 0 Å². The molecule has 6 heteroatoms. The highest BCUT2D eigenvalue weighted by atomic mass is 35.5. The van der Waals surface area contributed by atoms with Crippen molar-refractivity contribution >= 4 is 27.3 Å². The van der Waals surface area contributed by atoms with E-state index in [1.807, 2.05) is 0 Å². The Morgan fingerprint density at radius 3 is 2.68 bits per heavy atom. The zero-order valence-corrected chi connectivity index (χ0v) is 12.5. The van der Waals surface area contributed by atoms with Gasteiger partial charge in [0, 0.05) is 6.54 Å². The number of nitrogen functional groups attached to an aromatic ring is 1. The Hall–Kier alpha value is -0.780. The maximum Gasteiger partial charge on any atom is 0.240 e. The Morgan fingerprint density at radius 2 is 2.11 bits per heavy atom. The van der Waals surface area contributed by atoms with Crippen LogP contribution in [0.1, 0.15) is 31.2 Å². The van der Waals surface area contributed by atoms with E-state index >= 15 is 0 Å². The second-order valence-corrected chi connectivity index (χ2v) is 7.27. The van der Waals surface area contributed by atoms with E-state index in [9.17, 15) is 8.42 Å². The third kappa shape index (κ3) is 3.41. The highest BCUT2D eigenvalue weighted by molar-refractivity contribution is 7.89. The molecule has 3 N–H and O–H groups in total. The maximum absolute atomic E-state index is 12.2. The summed E-state index contributed by atoms with van der Waals surface area (Å²) in [5.74, 6) is 0.680. The van der Waals surface area contributed by atoms with E-state index in [1.165, 1.54) is 25.3 Å². The van der Waals surface area contributed by atoms with Gasteiger partial charge in [-0.3, -0.25) is 0 Å². The van der Waals surface area contributed by atoms with Gasteiger partial charge in [-0.25, -0.2) is 13.1 Å². The smallest absolute Gasteiger partial charge is 0.240 e. The lowest BCUT2D eigenvalue weighted by atomic mass is 9.83. The predicted octanol–water partition coefficient (Wildman–Crippen LogP) is 2.70. The van der Waals surface area contributed by atoms with Gasteiger partial charge in [-0.1, -0.05) is 30.9 Å². The van der Waals surface area contributed by atoms with Gasteiger partial charge in [-0.15, -0.1) is 0 Å². The van der Waals surface area contributed by atoms with Gasteiger partial charge in [0.05, 0.1) is 15.6 Å². The van der Waals surface area contributed by atoms with Crippen molar-refractivity contribution in [3.05, 3.63) is 22.7 Å². The van der Waals surface area contributed by atoms with Crippen LogP contribution in [0.25, 0.3) is 0 Å². The molecule has 1 fully saturated rings. The number of halogens is 1. The standard InChI is InChI=1S/C13H19ClN2O2S/c1-9-7-11(14)12(15)8-13(9)19(17,18)16-6-5-10-3-2-4-10/h7-8,10,16H,2-6,15H2,1H3. The number of rotatable bonds is 5. The van der Waals surface area contributed by atoms with Crippen LogP contribution in [-0.4, -0.2) is 15.0 Å². The van der Waals surface area contributed by atoms with Gasteiger partial charge in [0.25, 0.3) is 0 Å². The molecule has 0 saturated heterocycles. The van der Waals surface area contributed by atoms with Gasteiger partial charge in [0.2, 0.25) is 10.0 Å². The summed E-state index contributed by atoms with van der Waals surface area (Å²) in [6.07, 6.45) is 4.61. The Balaban J connectivity index is 2.07. The van der Waals surface area contributed by atoms with E-state index in [0.29, 0.717) is 23.0 Å². The first-order valence-electron chi connectivity index (χ1n) is 6.45. The number of aryl methyl sites for hydroxylation is 1. The fourth-order valence-electron chi connectivity index (χ4n) is 2.21. The summed E-state index contributed by atoms with van der Waals surface area (Å²) in [5.41, 5.74) is 6.56. The number of nitrogens with one attached hydrogen (secondary N) is 1. The number of hydrogen-bond donors (Lipinski definition) is 2. The highest BCUT2D eigenvalue weighted by Crippen LogP contribution is 2.29. The fraction of sp³-hybridized carbons (Fsp3) is 0.538. The van der Waals surface area contributed by atoms with Crippen molar-refractivity contribution in [2.24, 2.45) is 5.92 Å². The molecule has 1 saturated carbocycles. The first-order chi connectivity index (χ1) is 8.90. The average Bonchev–Trinajstić information content (AvgIpc) is 2.26. The van der Waals surface area contributed by atoms with Crippen LogP contribution in [0.3, 0.4) is 0 Å². The van der Waals surface area contributed by atoms with Crippen LogP contribution in [0.4, 0.5) is 5.69 Å². The molecule has 1 aromatic carbocycles. The molecule has 0 bridgehead atoms. The van der Waals surface area contributed by atoms with Gasteiger partial charge in [0.15, 0.2) is 0 Å². The second-order valence-electron chi connectivity index (χ2n) is 5.12. The normalized spacial score (nSPS) is 16.3. The fourth-order valence-corrected chi connectivity index (χ4v) is 3.74. The first kappa shape index (κ1) is 14.6. The summed E-state index contributed by atoms with van der Waals surface area (Å²) < 4.78 is 27.0. The zero-order valence-electron chi connectivity index (χ0n) is 10.9. The third-order valence-corrected chi connectivity index (χ3v) is 5.58. The molecule has 4 nitrogen and oxygen atoms in total. The van der Waals surface area contributed by atoms with Gasteiger partial charge < -0.3 is 5.73 Å². The molecule has 0 aromatic heterocycles. The molecular weight excluding hydrogens is 284 g/mol. The van der Waals surface area contributed by atoms with E-state index in [1.54, 1.807) is 13.0 Å². The van der Waals surface area contributed by atoms with E-state index in [4.69, 9.17) is 17.3 Å². The summed E-state index contributed by atoms with van der Waals surface area (Å²) in [6.45, 7) is 2.20. The molecule has 1 aromatic rings. The van der Waals surface area contributed by atoms with Crippen molar-refractivity contribution in [2.45, 2.75) is 37.5 Å². The minimum atomic E-state index is -3.50. The Morgan fingerprint density at radius 1 is 1.42 bits per heavy atom. The molecule has 0 aliphatic heterocycles. The second kappa shape index (κ2) is 5.69. The van der Waals surface area contributed by atoms with Crippen molar-refractivity contribution in [3.8, 4) is 0 Å². The van der Waals surface area contributed by atoms with Crippen LogP contribution in [0, 0.1) is 12.8 Å². The molecular formula is C13H19ClN2O2S. The summed E-state index contributed by atoms with van der Waals surface area (Å²) in [4.78, 5) is 0.211. The molecule has 0 heterocycles. The number of hydrogen-bond acceptors (Lipinski definition) is 3. The minimum Gasteiger partial charge on any atom is -0.397 e. The zero-order chi connectivity index (χ0) is 14.0. The first-order valence-corrected chi connectivity index (χ1v) is 8.31. The van der Waals surface area contributed by atoms with Crippen LogP contribution < -0.4 is 10.5 Å². The number of nitrogens with two attached hydrogens (primary N) is 1. The van der Waals surface area contributed by atoms with Crippen LogP contribution in [0.15, 0.2) is 17.0 Å². The van der Waals surface area contributed by atoms with Crippen molar-refractivity contribution in [1.82, 2.24) is 4.72 Å². The molecule has 0 atom stereocenters. The van der Waals surface area contributed by atoms with Crippen molar-refractivity contribution in [3.63, 3.8) is 0 Å². The Labute approximate surface area is 119 Å². The average molecular weight is 303 g/mol. The van der Waals surface area contributed by atoms with Crippen LogP contribution in [-0.2, 0) is 10.0 Å².